The van der Waals surface area contributed by atoms with E-state index in [2.05, 4.69) is 22.1 Å². The van der Waals surface area contributed by atoms with Gasteiger partial charge in [0, 0.05) is 49.9 Å². The van der Waals surface area contributed by atoms with Crippen LogP contribution in [0.15, 0.2) is 83.7 Å². The van der Waals surface area contributed by atoms with Gasteiger partial charge in [-0.15, -0.1) is 0 Å². The highest BCUT2D eigenvalue weighted by atomic mass is 16.5. The molecule has 1 aliphatic heterocycles. The highest BCUT2D eigenvalue weighted by Gasteiger charge is 2.21. The molecule has 1 amide bonds. The molecule has 1 saturated heterocycles. The van der Waals surface area contributed by atoms with Gasteiger partial charge in [0.25, 0.3) is 11.5 Å². The third-order valence-electron chi connectivity index (χ3n) is 6.20. The van der Waals surface area contributed by atoms with E-state index < -0.39 is 0 Å². The molecular formula is C27H26N4O3. The molecule has 3 aromatic carbocycles. The molecule has 0 spiro atoms. The molecule has 0 radical (unpaired) electrons. The summed E-state index contributed by atoms with van der Waals surface area (Å²) in [4.78, 5) is 29.2. The lowest BCUT2D eigenvalue weighted by atomic mass is 10.1. The minimum Gasteiger partial charge on any atom is -0.484 e. The van der Waals surface area contributed by atoms with Crippen molar-refractivity contribution in [2.75, 3.05) is 37.7 Å². The van der Waals surface area contributed by atoms with Gasteiger partial charge in [0.15, 0.2) is 6.61 Å². The van der Waals surface area contributed by atoms with Crippen molar-refractivity contribution in [3.05, 3.63) is 89.2 Å². The van der Waals surface area contributed by atoms with Crippen molar-refractivity contribution in [1.29, 1.82) is 0 Å². The molecule has 0 N–H and O–H groups in total. The summed E-state index contributed by atoms with van der Waals surface area (Å²) in [5.74, 6) is 0.608. The maximum absolute atomic E-state index is 12.7. The molecule has 5 rings (SSSR count). The molecule has 1 aromatic heterocycles. The summed E-state index contributed by atoms with van der Waals surface area (Å²) in [5.41, 5.74) is 2.67. The van der Waals surface area contributed by atoms with Gasteiger partial charge in [0.1, 0.15) is 5.75 Å². The lowest BCUT2D eigenvalue weighted by molar-refractivity contribution is -0.133. The average Bonchev–Trinajstić information content (AvgIpc) is 2.90. The van der Waals surface area contributed by atoms with Crippen molar-refractivity contribution in [2.24, 2.45) is 7.05 Å². The molecule has 1 fully saturated rings. The Bertz CT molecular complexity index is 1360. The van der Waals surface area contributed by atoms with Crippen LogP contribution in [-0.4, -0.2) is 53.4 Å². The Labute approximate surface area is 197 Å². The standard InChI is InChI=1S/C27H26N4O3/c1-29-27(33)24-10-6-5-9-23(24)26(28-29)20-11-13-22(14-12-20)34-19-25(32)31-17-15-30(16-18-31)21-7-3-2-4-8-21/h2-14H,15-19H2,1H3. The number of fused-ring (bicyclic) bond motifs is 1. The van der Waals surface area contributed by atoms with E-state index in [9.17, 15) is 9.59 Å². The van der Waals surface area contributed by atoms with Crippen molar-refractivity contribution in [2.45, 2.75) is 0 Å². The van der Waals surface area contributed by atoms with Gasteiger partial charge in [0.2, 0.25) is 0 Å². The second kappa shape index (κ2) is 9.39. The van der Waals surface area contributed by atoms with Gasteiger partial charge in [-0.3, -0.25) is 9.59 Å². The van der Waals surface area contributed by atoms with Crippen LogP contribution in [0.2, 0.25) is 0 Å². The lowest BCUT2D eigenvalue weighted by Gasteiger charge is -2.36. The predicted octanol–water partition coefficient (Wildman–Crippen LogP) is 3.33. The number of rotatable bonds is 5. The number of aryl methyl sites for hydroxylation is 1. The van der Waals surface area contributed by atoms with Crippen LogP contribution in [0.5, 0.6) is 5.75 Å². The lowest BCUT2D eigenvalue weighted by Crippen LogP contribution is -2.50. The van der Waals surface area contributed by atoms with E-state index in [0.29, 0.717) is 24.2 Å². The number of hydrogen-bond acceptors (Lipinski definition) is 5. The number of amides is 1. The summed E-state index contributed by atoms with van der Waals surface area (Å²) >= 11 is 0. The van der Waals surface area contributed by atoms with Gasteiger partial charge in [-0.05, 0) is 42.5 Å². The molecule has 4 aromatic rings. The molecule has 0 saturated carbocycles. The van der Waals surface area contributed by atoms with Crippen molar-refractivity contribution in [3.8, 4) is 17.0 Å². The van der Waals surface area contributed by atoms with Crippen LogP contribution in [0.3, 0.4) is 0 Å². The first-order valence-corrected chi connectivity index (χ1v) is 11.4. The van der Waals surface area contributed by atoms with Crippen molar-refractivity contribution in [1.82, 2.24) is 14.7 Å². The Kier molecular flexibility index (Phi) is 5.99. The Balaban J connectivity index is 1.21. The smallest absolute Gasteiger partial charge is 0.274 e. The second-order valence-electron chi connectivity index (χ2n) is 8.34. The van der Waals surface area contributed by atoms with Gasteiger partial charge in [-0.1, -0.05) is 36.4 Å². The fourth-order valence-corrected chi connectivity index (χ4v) is 4.31. The first-order chi connectivity index (χ1) is 16.6. The number of carbonyl (C=O) groups is 1. The van der Waals surface area contributed by atoms with Gasteiger partial charge in [-0.25, -0.2) is 4.68 Å². The van der Waals surface area contributed by atoms with Crippen molar-refractivity contribution < 1.29 is 9.53 Å². The number of piperazine rings is 1. The number of nitrogens with zero attached hydrogens (tertiary/aromatic N) is 4. The van der Waals surface area contributed by atoms with E-state index in [1.165, 1.54) is 10.4 Å². The number of carbonyl (C=O) groups excluding carboxylic acids is 1. The molecule has 0 bridgehead atoms. The van der Waals surface area contributed by atoms with Crippen LogP contribution in [-0.2, 0) is 11.8 Å². The van der Waals surface area contributed by atoms with Crippen LogP contribution >= 0.6 is 0 Å². The first kappa shape index (κ1) is 21.7. The number of aromatic nitrogens is 2. The number of para-hydroxylation sites is 1. The normalized spacial score (nSPS) is 13.8. The zero-order chi connectivity index (χ0) is 23.5. The molecule has 0 aliphatic carbocycles. The van der Waals surface area contributed by atoms with Crippen molar-refractivity contribution >= 4 is 22.4 Å². The zero-order valence-electron chi connectivity index (χ0n) is 19.1. The molecule has 2 heterocycles. The minimum atomic E-state index is -0.123. The predicted molar refractivity (Wildman–Crippen MR) is 133 cm³/mol. The van der Waals surface area contributed by atoms with E-state index >= 15 is 0 Å². The number of anilines is 1. The quantitative estimate of drug-likeness (QED) is 0.463. The molecule has 0 atom stereocenters. The third kappa shape index (κ3) is 4.37. The summed E-state index contributed by atoms with van der Waals surface area (Å²) in [6, 6.07) is 25.2. The largest absolute Gasteiger partial charge is 0.484 e. The topological polar surface area (TPSA) is 67.7 Å². The second-order valence-corrected chi connectivity index (χ2v) is 8.34. The van der Waals surface area contributed by atoms with Crippen LogP contribution in [0.4, 0.5) is 5.69 Å². The molecule has 172 valence electrons. The Morgan fingerprint density at radius 3 is 2.21 bits per heavy atom. The van der Waals surface area contributed by atoms with Crippen LogP contribution < -0.4 is 15.2 Å². The molecule has 34 heavy (non-hydrogen) atoms. The average molecular weight is 455 g/mol. The number of hydrogen-bond donors (Lipinski definition) is 0. The Morgan fingerprint density at radius 1 is 0.853 bits per heavy atom. The highest BCUT2D eigenvalue weighted by Crippen LogP contribution is 2.26. The van der Waals surface area contributed by atoms with E-state index in [-0.39, 0.29) is 18.1 Å². The SMILES string of the molecule is Cn1nc(-c2ccc(OCC(=O)N3CCN(c4ccccc4)CC3)cc2)c2ccccc2c1=O. The first-order valence-electron chi connectivity index (χ1n) is 11.4. The van der Waals surface area contributed by atoms with Gasteiger partial charge in [0.05, 0.1) is 11.1 Å². The summed E-state index contributed by atoms with van der Waals surface area (Å²) in [6.07, 6.45) is 0. The van der Waals surface area contributed by atoms with Crippen LogP contribution in [0, 0.1) is 0 Å². The third-order valence-corrected chi connectivity index (χ3v) is 6.20. The van der Waals surface area contributed by atoms with E-state index in [0.717, 1.165) is 29.7 Å². The molecule has 7 heteroatoms. The fraction of sp³-hybridized carbons (Fsp3) is 0.222. The maximum atomic E-state index is 12.7. The molecule has 0 unspecified atom stereocenters. The van der Waals surface area contributed by atoms with Crippen LogP contribution in [0.25, 0.3) is 22.0 Å². The van der Waals surface area contributed by atoms with Gasteiger partial charge < -0.3 is 14.5 Å². The molecule has 1 aliphatic rings. The van der Waals surface area contributed by atoms with Crippen LogP contribution in [0.1, 0.15) is 0 Å². The van der Waals surface area contributed by atoms with E-state index in [1.54, 1.807) is 7.05 Å². The van der Waals surface area contributed by atoms with Gasteiger partial charge >= 0.3 is 0 Å². The summed E-state index contributed by atoms with van der Waals surface area (Å²) in [6.45, 7) is 2.99. The summed E-state index contributed by atoms with van der Waals surface area (Å²) < 4.78 is 7.13. The Hall–Kier alpha value is -4.13. The van der Waals surface area contributed by atoms with Crippen molar-refractivity contribution in [3.63, 3.8) is 0 Å². The summed E-state index contributed by atoms with van der Waals surface area (Å²) in [5, 5.41) is 5.90. The molecule has 7 nitrogen and oxygen atoms in total. The fourth-order valence-electron chi connectivity index (χ4n) is 4.31. The Morgan fingerprint density at radius 2 is 1.50 bits per heavy atom. The zero-order valence-corrected chi connectivity index (χ0v) is 19.1. The van der Waals surface area contributed by atoms with E-state index in [1.807, 2.05) is 71.6 Å². The minimum absolute atomic E-state index is 0.00566. The monoisotopic (exact) mass is 454 g/mol. The number of ether oxygens (including phenoxy) is 1. The summed E-state index contributed by atoms with van der Waals surface area (Å²) in [7, 11) is 1.65. The molecular weight excluding hydrogens is 428 g/mol. The maximum Gasteiger partial charge on any atom is 0.274 e. The highest BCUT2D eigenvalue weighted by molar-refractivity contribution is 5.93. The van der Waals surface area contributed by atoms with Gasteiger partial charge in [-0.2, -0.15) is 5.10 Å². The number of benzene rings is 3. The van der Waals surface area contributed by atoms with E-state index in [4.69, 9.17) is 4.74 Å².